The van der Waals surface area contributed by atoms with E-state index in [4.69, 9.17) is 21.4 Å². The number of aromatic nitrogens is 1. The monoisotopic (exact) mass is 509 g/mol. The number of ether oxygens (including phenoxy) is 1. The predicted molar refractivity (Wildman–Crippen MR) is 109 cm³/mol. The average molecular weight is 510 g/mol. The average Bonchev–Trinajstić information content (AvgIpc) is 3.15. The van der Waals surface area contributed by atoms with Gasteiger partial charge in [-0.2, -0.15) is 30.7 Å². The van der Waals surface area contributed by atoms with Crippen LogP contribution in [0.15, 0.2) is 42.5 Å². The molecule has 3 aromatic rings. The second-order valence-electron chi connectivity index (χ2n) is 6.84. The summed E-state index contributed by atoms with van der Waals surface area (Å²) in [5.41, 5.74) is -1.37. The van der Waals surface area contributed by atoms with Crippen LogP contribution in [0.4, 0.5) is 26.3 Å². The Kier molecular flexibility index (Phi) is 7.23. The Balaban J connectivity index is 1.93. The van der Waals surface area contributed by atoms with Crippen molar-refractivity contribution in [1.82, 2.24) is 4.37 Å². The first kappa shape index (κ1) is 24.8. The highest BCUT2D eigenvalue weighted by atomic mass is 35.5. The van der Waals surface area contributed by atoms with Crippen LogP contribution in [0.2, 0.25) is 5.02 Å². The summed E-state index contributed by atoms with van der Waals surface area (Å²) < 4.78 is 89.9. The highest BCUT2D eigenvalue weighted by molar-refractivity contribution is 7.06. The molecule has 0 aliphatic rings. The van der Waals surface area contributed by atoms with Gasteiger partial charge in [0, 0.05) is 22.6 Å². The van der Waals surface area contributed by atoms with E-state index in [0.717, 1.165) is 12.1 Å². The SMILES string of the molecule is O=C(O)CCc1ccc(OCc2c(-c3ccc(Cl)cc3)nsc2C(F)(F)F)cc1C(F)(F)F. The Morgan fingerprint density at radius 1 is 1.03 bits per heavy atom. The maximum absolute atomic E-state index is 13.5. The van der Waals surface area contributed by atoms with E-state index >= 15 is 0 Å². The molecule has 176 valence electrons. The van der Waals surface area contributed by atoms with Crippen LogP contribution in [0.1, 0.15) is 28.0 Å². The summed E-state index contributed by atoms with van der Waals surface area (Å²) in [6, 6.07) is 8.74. The summed E-state index contributed by atoms with van der Waals surface area (Å²) in [6.07, 6.45) is -10.4. The van der Waals surface area contributed by atoms with Crippen molar-refractivity contribution in [3.63, 3.8) is 0 Å². The molecule has 1 heterocycles. The number of nitrogens with zero attached hydrogens (tertiary/aromatic N) is 1. The highest BCUT2D eigenvalue weighted by Gasteiger charge is 2.38. The zero-order chi connectivity index (χ0) is 24.4. The lowest BCUT2D eigenvalue weighted by Gasteiger charge is -2.15. The summed E-state index contributed by atoms with van der Waals surface area (Å²) in [7, 11) is 0. The van der Waals surface area contributed by atoms with Crippen molar-refractivity contribution >= 4 is 29.1 Å². The molecule has 12 heteroatoms. The molecule has 0 saturated carbocycles. The van der Waals surface area contributed by atoms with E-state index in [0.29, 0.717) is 16.7 Å². The van der Waals surface area contributed by atoms with Crippen molar-refractivity contribution in [2.75, 3.05) is 0 Å². The molecule has 3 rings (SSSR count). The zero-order valence-electron chi connectivity index (χ0n) is 16.4. The number of alkyl halides is 6. The van der Waals surface area contributed by atoms with Gasteiger partial charge in [-0.3, -0.25) is 4.79 Å². The Labute approximate surface area is 192 Å². The molecular weight excluding hydrogens is 496 g/mol. The first-order valence-corrected chi connectivity index (χ1v) is 10.4. The van der Waals surface area contributed by atoms with E-state index in [-0.39, 0.29) is 40.5 Å². The molecule has 0 fully saturated rings. The smallest absolute Gasteiger partial charge is 0.427 e. The lowest BCUT2D eigenvalue weighted by Crippen LogP contribution is -2.12. The molecule has 2 aromatic carbocycles. The number of hydrogen-bond donors (Lipinski definition) is 1. The number of carboxylic acid groups (broad SMARTS) is 1. The number of halogens is 7. The molecule has 0 aliphatic carbocycles. The molecule has 0 spiro atoms. The van der Waals surface area contributed by atoms with E-state index in [1.165, 1.54) is 24.3 Å². The van der Waals surface area contributed by atoms with Gasteiger partial charge >= 0.3 is 18.3 Å². The van der Waals surface area contributed by atoms with Crippen molar-refractivity contribution in [2.24, 2.45) is 0 Å². The van der Waals surface area contributed by atoms with Crippen molar-refractivity contribution in [3.05, 3.63) is 69.1 Å². The molecule has 1 aromatic heterocycles. The van der Waals surface area contributed by atoms with Gasteiger partial charge in [0.05, 0.1) is 11.3 Å². The third-order valence-corrected chi connectivity index (χ3v) is 5.73. The van der Waals surface area contributed by atoms with Crippen molar-refractivity contribution in [2.45, 2.75) is 31.8 Å². The fraction of sp³-hybridized carbons (Fsp3) is 0.238. The number of carboxylic acids is 1. The van der Waals surface area contributed by atoms with Crippen LogP contribution in [-0.2, 0) is 30.2 Å². The van der Waals surface area contributed by atoms with E-state index < -0.39 is 41.8 Å². The minimum Gasteiger partial charge on any atom is -0.489 e. The third kappa shape index (κ3) is 6.17. The van der Waals surface area contributed by atoms with E-state index in [1.54, 1.807) is 0 Å². The number of hydrogen-bond acceptors (Lipinski definition) is 4. The Morgan fingerprint density at radius 3 is 2.27 bits per heavy atom. The lowest BCUT2D eigenvalue weighted by atomic mass is 10.0. The topological polar surface area (TPSA) is 59.4 Å². The second kappa shape index (κ2) is 9.60. The molecule has 0 bridgehead atoms. The summed E-state index contributed by atoms with van der Waals surface area (Å²) in [5.74, 6) is -1.58. The second-order valence-corrected chi connectivity index (χ2v) is 8.05. The summed E-state index contributed by atoms with van der Waals surface area (Å²) in [4.78, 5) is 9.68. The fourth-order valence-corrected chi connectivity index (χ4v) is 3.92. The van der Waals surface area contributed by atoms with Gasteiger partial charge in [-0.15, -0.1) is 0 Å². The largest absolute Gasteiger partial charge is 0.489 e. The van der Waals surface area contributed by atoms with Gasteiger partial charge in [0.2, 0.25) is 0 Å². The Hall–Kier alpha value is -2.79. The van der Waals surface area contributed by atoms with Crippen LogP contribution in [0.25, 0.3) is 11.3 Å². The number of carbonyl (C=O) groups is 1. The standard InChI is InChI=1S/C21H14ClF6NO3S/c22-13-5-1-12(2-6-13)18-15(19(33-29-18)21(26,27)28)10-32-14-7-3-11(4-8-17(30)31)16(9-14)20(23,24)25/h1-3,5-7,9H,4,8,10H2,(H,30,31). The summed E-state index contributed by atoms with van der Waals surface area (Å²) >= 11 is 6.03. The molecule has 4 nitrogen and oxygen atoms in total. The minimum atomic E-state index is -4.80. The van der Waals surface area contributed by atoms with Crippen LogP contribution in [0, 0.1) is 0 Å². The Morgan fingerprint density at radius 2 is 1.70 bits per heavy atom. The van der Waals surface area contributed by atoms with Gasteiger partial charge in [0.25, 0.3) is 0 Å². The molecule has 0 unspecified atom stereocenters. The van der Waals surface area contributed by atoms with Crippen molar-refractivity contribution in [3.8, 4) is 17.0 Å². The van der Waals surface area contributed by atoms with Gasteiger partial charge in [0.1, 0.15) is 17.2 Å². The number of aryl methyl sites for hydroxylation is 1. The van der Waals surface area contributed by atoms with Crippen LogP contribution < -0.4 is 4.74 Å². The first-order valence-electron chi connectivity index (χ1n) is 9.22. The van der Waals surface area contributed by atoms with Crippen LogP contribution in [0.5, 0.6) is 5.75 Å². The fourth-order valence-electron chi connectivity index (χ4n) is 3.02. The van der Waals surface area contributed by atoms with Gasteiger partial charge in [-0.1, -0.05) is 29.8 Å². The molecule has 1 N–H and O–H groups in total. The summed E-state index contributed by atoms with van der Waals surface area (Å²) in [5, 5.41) is 9.10. The molecule has 0 radical (unpaired) electrons. The molecule has 0 aliphatic heterocycles. The van der Waals surface area contributed by atoms with E-state index in [1.807, 2.05) is 0 Å². The molecule has 0 amide bonds. The third-order valence-electron chi connectivity index (χ3n) is 4.54. The molecule has 0 atom stereocenters. The quantitative estimate of drug-likeness (QED) is 0.345. The molecule has 0 saturated heterocycles. The van der Waals surface area contributed by atoms with Crippen LogP contribution in [0.3, 0.4) is 0 Å². The predicted octanol–water partition coefficient (Wildman–Crippen LogP) is 7.10. The van der Waals surface area contributed by atoms with Crippen LogP contribution >= 0.6 is 23.1 Å². The van der Waals surface area contributed by atoms with E-state index in [9.17, 15) is 31.1 Å². The number of benzene rings is 2. The minimum absolute atomic E-state index is 0.0156. The normalized spacial score (nSPS) is 12.1. The van der Waals surface area contributed by atoms with Crippen LogP contribution in [-0.4, -0.2) is 15.4 Å². The first-order chi connectivity index (χ1) is 15.4. The number of rotatable bonds is 7. The highest BCUT2D eigenvalue weighted by Crippen LogP contribution is 2.41. The number of aliphatic carboxylic acids is 1. The maximum Gasteiger partial charge on any atom is 0.427 e. The van der Waals surface area contributed by atoms with Gasteiger partial charge in [-0.25, -0.2) is 0 Å². The lowest BCUT2D eigenvalue weighted by molar-refractivity contribution is -0.140. The van der Waals surface area contributed by atoms with Gasteiger partial charge < -0.3 is 9.84 Å². The molecular formula is C21H14ClF6NO3S. The molecule has 33 heavy (non-hydrogen) atoms. The zero-order valence-corrected chi connectivity index (χ0v) is 18.0. The maximum atomic E-state index is 13.5. The van der Waals surface area contributed by atoms with Crippen molar-refractivity contribution < 1.29 is 41.0 Å². The summed E-state index contributed by atoms with van der Waals surface area (Å²) in [6.45, 7) is -0.685. The Bertz CT molecular complexity index is 1140. The van der Waals surface area contributed by atoms with E-state index in [2.05, 4.69) is 4.37 Å². The van der Waals surface area contributed by atoms with Crippen molar-refractivity contribution in [1.29, 1.82) is 0 Å². The van der Waals surface area contributed by atoms with Gasteiger partial charge in [0.15, 0.2) is 0 Å². The van der Waals surface area contributed by atoms with Gasteiger partial charge in [-0.05, 0) is 47.8 Å².